The fourth-order valence-electron chi connectivity index (χ4n) is 2.72. The predicted molar refractivity (Wildman–Crippen MR) is 101 cm³/mol. The van der Waals surface area contributed by atoms with E-state index >= 15 is 0 Å². The quantitative estimate of drug-likeness (QED) is 0.233. The van der Waals surface area contributed by atoms with E-state index < -0.39 is 44.1 Å². The molecule has 10 nitrogen and oxygen atoms in total. The molecule has 0 saturated heterocycles. The van der Waals surface area contributed by atoms with Crippen molar-refractivity contribution in [3.63, 3.8) is 0 Å². The van der Waals surface area contributed by atoms with Crippen LogP contribution >= 0.6 is 0 Å². The van der Waals surface area contributed by atoms with Gasteiger partial charge < -0.3 is 0 Å². The van der Waals surface area contributed by atoms with E-state index in [0.29, 0.717) is 0 Å². The van der Waals surface area contributed by atoms with Crippen LogP contribution < -0.4 is 0 Å². The maximum Gasteiger partial charge on any atom is 0.269 e. The highest BCUT2D eigenvalue weighted by atomic mass is 16.6. The van der Waals surface area contributed by atoms with Crippen LogP contribution in [0.4, 0.5) is 11.4 Å². The normalized spacial score (nSPS) is 13.3. The Morgan fingerprint density at radius 2 is 0.967 bits per heavy atom. The number of carbonyl (C=O) groups is 4. The Morgan fingerprint density at radius 3 is 1.27 bits per heavy atom. The fraction of sp³-hybridized carbons (Fsp3) is 0. The number of rotatable bonds is 6. The molecule has 10 heteroatoms. The SMILES string of the molecule is O=C1C=C(C(=O)c2ccc([N+](=O)[O-])cc2)C(=O)C(C(=O)c2ccc([N+](=O)[O-])cc2)=C1. The minimum atomic E-state index is -0.985. The summed E-state index contributed by atoms with van der Waals surface area (Å²) in [6.07, 6.45) is 1.58. The molecule has 0 bridgehead atoms. The minimum absolute atomic E-state index is 0.0722. The second-order valence-electron chi connectivity index (χ2n) is 6.11. The summed E-state index contributed by atoms with van der Waals surface area (Å²) >= 11 is 0. The van der Waals surface area contributed by atoms with Gasteiger partial charge in [0.25, 0.3) is 11.4 Å². The summed E-state index contributed by atoms with van der Waals surface area (Å²) in [4.78, 5) is 70.1. The number of non-ortho nitro benzene ring substituents is 2. The van der Waals surface area contributed by atoms with Crippen molar-refractivity contribution in [3.05, 3.63) is 103 Å². The molecule has 0 radical (unpaired) electrons. The largest absolute Gasteiger partial charge is 0.290 e. The monoisotopic (exact) mass is 406 g/mol. The molecule has 3 rings (SSSR count). The number of Topliss-reactive ketones (excluding diaryl/α,β-unsaturated/α-hetero) is 3. The minimum Gasteiger partial charge on any atom is -0.290 e. The number of allylic oxidation sites excluding steroid dienone is 4. The zero-order chi connectivity index (χ0) is 22.0. The lowest BCUT2D eigenvalue weighted by Crippen LogP contribution is -2.25. The summed E-state index contributed by atoms with van der Waals surface area (Å²) in [5, 5.41) is 21.4. The van der Waals surface area contributed by atoms with E-state index in [1.54, 1.807) is 0 Å². The van der Waals surface area contributed by atoms with E-state index in [1.807, 2.05) is 0 Å². The predicted octanol–water partition coefficient (Wildman–Crippen LogP) is 2.57. The lowest BCUT2D eigenvalue weighted by atomic mass is 9.87. The Hall–Kier alpha value is -4.60. The average molecular weight is 406 g/mol. The van der Waals surface area contributed by atoms with Crippen LogP contribution in [0.3, 0.4) is 0 Å². The second-order valence-corrected chi connectivity index (χ2v) is 6.11. The molecule has 2 aromatic carbocycles. The molecule has 0 spiro atoms. The summed E-state index contributed by atoms with van der Waals surface area (Å²) in [6.45, 7) is 0. The maximum atomic E-state index is 12.7. The third kappa shape index (κ3) is 3.83. The number of hydrogen-bond acceptors (Lipinski definition) is 8. The molecule has 0 N–H and O–H groups in total. The standard InChI is InChI=1S/C20H10N2O8/c23-15-9-16(18(24)11-1-5-13(6-2-11)21(27)28)20(26)17(10-15)19(25)12-3-7-14(8-4-12)22(29)30/h1-10H. The molecule has 2 aromatic rings. The summed E-state index contributed by atoms with van der Waals surface area (Å²) in [5.41, 5.74) is -1.78. The van der Waals surface area contributed by atoms with Crippen LogP contribution in [-0.2, 0) is 9.59 Å². The van der Waals surface area contributed by atoms with Crippen molar-refractivity contribution in [1.82, 2.24) is 0 Å². The molecule has 1 aliphatic rings. The zero-order valence-corrected chi connectivity index (χ0v) is 14.9. The fourth-order valence-corrected chi connectivity index (χ4v) is 2.72. The number of nitro groups is 2. The van der Waals surface area contributed by atoms with Gasteiger partial charge in [0.2, 0.25) is 5.78 Å². The second kappa shape index (κ2) is 7.80. The number of benzene rings is 2. The van der Waals surface area contributed by atoms with Crippen LogP contribution in [0.25, 0.3) is 0 Å². The first-order valence-corrected chi connectivity index (χ1v) is 8.29. The van der Waals surface area contributed by atoms with Gasteiger partial charge in [-0.15, -0.1) is 0 Å². The van der Waals surface area contributed by atoms with Crippen molar-refractivity contribution in [2.75, 3.05) is 0 Å². The molecular weight excluding hydrogens is 396 g/mol. The Balaban J connectivity index is 1.89. The van der Waals surface area contributed by atoms with Crippen LogP contribution in [0, 0.1) is 20.2 Å². The molecule has 1 aliphatic carbocycles. The summed E-state index contributed by atoms with van der Waals surface area (Å²) < 4.78 is 0. The lowest BCUT2D eigenvalue weighted by molar-refractivity contribution is -0.385. The first kappa shape index (κ1) is 20.1. The number of nitrogens with zero attached hydrogens (tertiary/aromatic N) is 2. The van der Waals surface area contributed by atoms with Gasteiger partial charge in [-0.05, 0) is 24.3 Å². The number of hydrogen-bond donors (Lipinski definition) is 0. The van der Waals surface area contributed by atoms with Crippen molar-refractivity contribution < 1.29 is 29.0 Å². The number of nitro benzene ring substituents is 2. The van der Waals surface area contributed by atoms with Crippen molar-refractivity contribution >= 4 is 34.5 Å². The number of ketones is 4. The van der Waals surface area contributed by atoms with Crippen molar-refractivity contribution in [1.29, 1.82) is 0 Å². The van der Waals surface area contributed by atoms with Crippen molar-refractivity contribution in [2.24, 2.45) is 0 Å². The molecule has 148 valence electrons. The van der Waals surface area contributed by atoms with Gasteiger partial charge in [-0.25, -0.2) is 0 Å². The van der Waals surface area contributed by atoms with Gasteiger partial charge in [0.1, 0.15) is 0 Å². The van der Waals surface area contributed by atoms with E-state index in [4.69, 9.17) is 0 Å². The Morgan fingerprint density at radius 1 is 0.633 bits per heavy atom. The maximum absolute atomic E-state index is 12.7. The van der Waals surface area contributed by atoms with E-state index in [9.17, 15) is 39.4 Å². The van der Waals surface area contributed by atoms with Crippen LogP contribution in [0.15, 0.2) is 71.8 Å². The van der Waals surface area contributed by atoms with Crippen molar-refractivity contribution in [3.8, 4) is 0 Å². The van der Waals surface area contributed by atoms with Gasteiger partial charge in [-0.2, -0.15) is 0 Å². The molecule has 0 unspecified atom stereocenters. The molecule has 0 atom stereocenters. The highest BCUT2D eigenvalue weighted by Gasteiger charge is 2.32. The molecule has 30 heavy (non-hydrogen) atoms. The third-order valence-corrected chi connectivity index (χ3v) is 4.23. The van der Waals surface area contributed by atoms with Crippen LogP contribution in [0.5, 0.6) is 0 Å². The average Bonchev–Trinajstić information content (AvgIpc) is 2.74. The van der Waals surface area contributed by atoms with Crippen molar-refractivity contribution in [2.45, 2.75) is 0 Å². The van der Waals surface area contributed by atoms with E-state index in [0.717, 1.165) is 60.7 Å². The van der Waals surface area contributed by atoms with Gasteiger partial charge >= 0.3 is 0 Å². The highest BCUT2D eigenvalue weighted by Crippen LogP contribution is 2.23. The topological polar surface area (TPSA) is 155 Å². The molecule has 0 saturated carbocycles. The smallest absolute Gasteiger partial charge is 0.269 e. The van der Waals surface area contributed by atoms with E-state index in [2.05, 4.69) is 0 Å². The van der Waals surface area contributed by atoms with Crippen LogP contribution in [-0.4, -0.2) is 33.0 Å². The summed E-state index contributed by atoms with van der Waals surface area (Å²) in [5.74, 6) is -3.48. The van der Waals surface area contributed by atoms with Crippen LogP contribution in [0.1, 0.15) is 20.7 Å². The molecule has 0 aliphatic heterocycles. The van der Waals surface area contributed by atoms with Gasteiger partial charge in [0, 0.05) is 47.5 Å². The lowest BCUT2D eigenvalue weighted by Gasteiger charge is -2.12. The van der Waals surface area contributed by atoms with E-state index in [-0.39, 0.29) is 22.5 Å². The first-order valence-electron chi connectivity index (χ1n) is 8.29. The third-order valence-electron chi connectivity index (χ3n) is 4.23. The Kier molecular flexibility index (Phi) is 5.23. The molecule has 0 amide bonds. The summed E-state index contributed by atoms with van der Waals surface area (Å²) in [7, 11) is 0. The van der Waals surface area contributed by atoms with Gasteiger partial charge in [0.05, 0.1) is 21.0 Å². The van der Waals surface area contributed by atoms with E-state index in [1.165, 1.54) is 0 Å². The zero-order valence-electron chi connectivity index (χ0n) is 14.9. The molecule has 0 fully saturated rings. The summed E-state index contributed by atoms with van der Waals surface area (Å²) in [6, 6.07) is 8.82. The molecule has 0 heterocycles. The first-order chi connectivity index (χ1) is 14.2. The van der Waals surface area contributed by atoms with Crippen LogP contribution in [0.2, 0.25) is 0 Å². The number of carbonyl (C=O) groups excluding carboxylic acids is 4. The van der Waals surface area contributed by atoms with Gasteiger partial charge in [-0.1, -0.05) is 0 Å². The molecular formula is C20H10N2O8. The molecule has 0 aromatic heterocycles. The Labute approximate surface area is 167 Å². The highest BCUT2D eigenvalue weighted by molar-refractivity contribution is 6.44. The van der Waals surface area contributed by atoms with Gasteiger partial charge in [-0.3, -0.25) is 39.4 Å². The Bertz CT molecular complexity index is 1100. The van der Waals surface area contributed by atoms with Gasteiger partial charge in [0.15, 0.2) is 17.3 Å².